The number of H-pyrrole nitrogens is 1. The Labute approximate surface area is 181 Å². The van der Waals surface area contributed by atoms with Crippen LogP contribution in [0.25, 0.3) is 22.5 Å². The Hall–Kier alpha value is -3.39. The molecule has 31 heavy (non-hydrogen) atoms. The molecule has 0 aliphatic carbocycles. The number of aromatic nitrogens is 7. The van der Waals surface area contributed by atoms with E-state index in [0.29, 0.717) is 31.3 Å². The summed E-state index contributed by atoms with van der Waals surface area (Å²) in [4.78, 5) is 4.72. The predicted molar refractivity (Wildman–Crippen MR) is 120 cm³/mol. The SMILES string of the molecule is CC(C)CCc1nc(CCN)nn1Cc1ccc(-c2ccccc2-c2nnn[nH]2)cc1. The number of benzene rings is 2. The highest BCUT2D eigenvalue weighted by molar-refractivity contribution is 5.80. The predicted octanol–water partition coefficient (Wildman–Crippen LogP) is 3.26. The number of nitrogens with zero attached hydrogens (tertiary/aromatic N) is 6. The van der Waals surface area contributed by atoms with Crippen LogP contribution in [0.4, 0.5) is 0 Å². The third kappa shape index (κ3) is 5.03. The van der Waals surface area contributed by atoms with Gasteiger partial charge in [0.15, 0.2) is 11.6 Å². The van der Waals surface area contributed by atoms with Gasteiger partial charge in [0.1, 0.15) is 5.82 Å². The third-order valence-corrected chi connectivity index (χ3v) is 5.23. The first kappa shape index (κ1) is 20.9. The maximum atomic E-state index is 5.71. The van der Waals surface area contributed by atoms with Crippen LogP contribution in [0, 0.1) is 5.92 Å². The number of nitrogens with two attached hydrogens (primary N) is 1. The molecular formula is C23H28N8. The molecule has 2 aromatic heterocycles. The lowest BCUT2D eigenvalue weighted by Gasteiger charge is -2.10. The van der Waals surface area contributed by atoms with Crippen molar-refractivity contribution < 1.29 is 0 Å². The Morgan fingerprint density at radius 2 is 1.77 bits per heavy atom. The van der Waals surface area contributed by atoms with Gasteiger partial charge >= 0.3 is 0 Å². The Balaban J connectivity index is 1.56. The number of aryl methyl sites for hydroxylation is 1. The Kier molecular flexibility index (Phi) is 6.47. The topological polar surface area (TPSA) is 111 Å². The van der Waals surface area contributed by atoms with Crippen molar-refractivity contribution in [3.63, 3.8) is 0 Å². The van der Waals surface area contributed by atoms with Crippen LogP contribution in [0.2, 0.25) is 0 Å². The third-order valence-electron chi connectivity index (χ3n) is 5.23. The van der Waals surface area contributed by atoms with Gasteiger partial charge in [-0.2, -0.15) is 5.10 Å². The fourth-order valence-electron chi connectivity index (χ4n) is 3.57. The summed E-state index contributed by atoms with van der Waals surface area (Å²) in [6.45, 7) is 5.71. The number of hydrogen-bond acceptors (Lipinski definition) is 6. The van der Waals surface area contributed by atoms with Gasteiger partial charge in [-0.25, -0.2) is 14.8 Å². The van der Waals surface area contributed by atoms with Crippen LogP contribution in [0.3, 0.4) is 0 Å². The molecule has 8 heteroatoms. The molecule has 0 atom stereocenters. The number of rotatable bonds is 9. The number of tetrazole rings is 1. The van der Waals surface area contributed by atoms with Crippen molar-refractivity contribution in [2.24, 2.45) is 11.7 Å². The summed E-state index contributed by atoms with van der Waals surface area (Å²) < 4.78 is 2.02. The van der Waals surface area contributed by atoms with Crippen molar-refractivity contribution in [2.45, 2.75) is 39.7 Å². The zero-order valence-electron chi connectivity index (χ0n) is 18.0. The van der Waals surface area contributed by atoms with E-state index >= 15 is 0 Å². The fraction of sp³-hybridized carbons (Fsp3) is 0.348. The van der Waals surface area contributed by atoms with Crippen LogP contribution in [-0.4, -0.2) is 41.9 Å². The fourth-order valence-corrected chi connectivity index (χ4v) is 3.57. The normalized spacial score (nSPS) is 11.4. The minimum Gasteiger partial charge on any atom is -0.330 e. The minimum absolute atomic E-state index is 0.558. The van der Waals surface area contributed by atoms with E-state index in [2.05, 4.69) is 64.8 Å². The summed E-state index contributed by atoms with van der Waals surface area (Å²) in [5.41, 5.74) is 10.0. The zero-order valence-corrected chi connectivity index (χ0v) is 18.0. The highest BCUT2D eigenvalue weighted by atomic mass is 15.5. The quantitative estimate of drug-likeness (QED) is 0.433. The van der Waals surface area contributed by atoms with E-state index in [1.54, 1.807) is 0 Å². The van der Waals surface area contributed by atoms with E-state index < -0.39 is 0 Å². The molecule has 2 aromatic carbocycles. The maximum absolute atomic E-state index is 5.71. The standard InChI is InChI=1S/C23H28N8/c1-16(2)7-12-22-25-21(13-14-24)28-31(22)15-17-8-10-18(11-9-17)19-5-3-4-6-20(19)23-26-29-30-27-23/h3-6,8-11,16H,7,12-15,24H2,1-2H3,(H,26,27,29,30). The molecule has 0 aliphatic heterocycles. The van der Waals surface area contributed by atoms with Crippen LogP contribution in [-0.2, 0) is 19.4 Å². The van der Waals surface area contributed by atoms with Gasteiger partial charge in [0.25, 0.3) is 0 Å². The second-order valence-corrected chi connectivity index (χ2v) is 8.07. The molecule has 0 bridgehead atoms. The van der Waals surface area contributed by atoms with E-state index in [-0.39, 0.29) is 0 Å². The van der Waals surface area contributed by atoms with Gasteiger partial charge < -0.3 is 5.73 Å². The van der Waals surface area contributed by atoms with Crippen molar-refractivity contribution in [1.82, 2.24) is 35.4 Å². The zero-order chi connectivity index (χ0) is 21.6. The highest BCUT2D eigenvalue weighted by Crippen LogP contribution is 2.29. The smallest absolute Gasteiger partial charge is 0.180 e. The lowest BCUT2D eigenvalue weighted by molar-refractivity contribution is 0.546. The first-order valence-electron chi connectivity index (χ1n) is 10.7. The van der Waals surface area contributed by atoms with Crippen LogP contribution < -0.4 is 5.73 Å². The second kappa shape index (κ2) is 9.61. The monoisotopic (exact) mass is 416 g/mol. The number of nitrogens with one attached hydrogen (secondary N) is 1. The minimum atomic E-state index is 0.558. The molecule has 0 saturated heterocycles. The van der Waals surface area contributed by atoms with Crippen molar-refractivity contribution >= 4 is 0 Å². The summed E-state index contributed by atoms with van der Waals surface area (Å²) in [6.07, 6.45) is 2.72. The Morgan fingerprint density at radius 3 is 2.45 bits per heavy atom. The van der Waals surface area contributed by atoms with Gasteiger partial charge in [0.05, 0.1) is 6.54 Å². The van der Waals surface area contributed by atoms with Gasteiger partial charge in [-0.15, -0.1) is 5.10 Å². The van der Waals surface area contributed by atoms with Crippen molar-refractivity contribution in [2.75, 3.05) is 6.54 Å². The Morgan fingerprint density at radius 1 is 1.00 bits per heavy atom. The van der Waals surface area contributed by atoms with E-state index in [4.69, 9.17) is 15.8 Å². The molecule has 160 valence electrons. The van der Waals surface area contributed by atoms with Gasteiger partial charge in [-0.05, 0) is 46.0 Å². The average molecular weight is 417 g/mol. The summed E-state index contributed by atoms with van der Waals surface area (Å²) in [6, 6.07) is 16.6. The summed E-state index contributed by atoms with van der Waals surface area (Å²) in [7, 11) is 0. The molecule has 0 aliphatic rings. The first-order chi connectivity index (χ1) is 15.1. The number of aromatic amines is 1. The molecule has 0 spiro atoms. The van der Waals surface area contributed by atoms with E-state index in [1.807, 2.05) is 22.9 Å². The first-order valence-corrected chi connectivity index (χ1v) is 10.7. The largest absolute Gasteiger partial charge is 0.330 e. The van der Waals surface area contributed by atoms with E-state index in [1.165, 1.54) is 5.56 Å². The van der Waals surface area contributed by atoms with Crippen molar-refractivity contribution in [3.8, 4) is 22.5 Å². The van der Waals surface area contributed by atoms with Crippen LogP contribution in [0.15, 0.2) is 48.5 Å². The van der Waals surface area contributed by atoms with Gasteiger partial charge in [0, 0.05) is 18.4 Å². The summed E-state index contributed by atoms with van der Waals surface area (Å²) >= 11 is 0. The summed E-state index contributed by atoms with van der Waals surface area (Å²) in [5, 5.41) is 19.0. The van der Waals surface area contributed by atoms with Gasteiger partial charge in [-0.3, -0.25) is 0 Å². The summed E-state index contributed by atoms with van der Waals surface area (Å²) in [5.74, 6) is 3.14. The average Bonchev–Trinajstić information content (AvgIpc) is 3.43. The van der Waals surface area contributed by atoms with Crippen LogP contribution in [0.5, 0.6) is 0 Å². The number of hydrogen-bond donors (Lipinski definition) is 2. The van der Waals surface area contributed by atoms with Crippen LogP contribution in [0.1, 0.15) is 37.5 Å². The Bertz CT molecular complexity index is 1100. The maximum Gasteiger partial charge on any atom is 0.180 e. The van der Waals surface area contributed by atoms with Gasteiger partial charge in [-0.1, -0.05) is 62.4 Å². The highest BCUT2D eigenvalue weighted by Gasteiger charge is 2.12. The van der Waals surface area contributed by atoms with Gasteiger partial charge in [0.2, 0.25) is 0 Å². The molecule has 0 saturated carbocycles. The van der Waals surface area contributed by atoms with Crippen molar-refractivity contribution in [3.05, 3.63) is 65.7 Å². The lowest BCUT2D eigenvalue weighted by atomic mass is 9.98. The van der Waals surface area contributed by atoms with E-state index in [0.717, 1.165) is 41.2 Å². The van der Waals surface area contributed by atoms with E-state index in [9.17, 15) is 0 Å². The second-order valence-electron chi connectivity index (χ2n) is 8.07. The molecule has 0 radical (unpaired) electrons. The molecule has 0 unspecified atom stereocenters. The molecule has 2 heterocycles. The molecule has 0 fully saturated rings. The molecule has 0 amide bonds. The molecule has 4 rings (SSSR count). The lowest BCUT2D eigenvalue weighted by Crippen LogP contribution is -2.08. The molecule has 8 nitrogen and oxygen atoms in total. The van der Waals surface area contributed by atoms with Crippen molar-refractivity contribution in [1.29, 1.82) is 0 Å². The van der Waals surface area contributed by atoms with Crippen LogP contribution >= 0.6 is 0 Å². The molecular weight excluding hydrogens is 388 g/mol. The molecule has 4 aromatic rings. The molecule has 3 N–H and O–H groups in total.